The Labute approximate surface area is 313 Å². The van der Waals surface area contributed by atoms with Crippen LogP contribution in [0.1, 0.15) is 5.56 Å². The summed E-state index contributed by atoms with van der Waals surface area (Å²) in [5.41, 5.74) is -1.46. The van der Waals surface area contributed by atoms with Crippen molar-refractivity contribution in [3.8, 4) is 11.3 Å². The maximum atomic E-state index is 13.6. The van der Waals surface area contributed by atoms with Gasteiger partial charge in [0.15, 0.2) is 12.2 Å². The van der Waals surface area contributed by atoms with Crippen molar-refractivity contribution < 1.29 is 75.6 Å². The zero-order valence-electron chi connectivity index (χ0n) is 30.0. The largest absolute Gasteiger partial charge is 0.508 e. The summed E-state index contributed by atoms with van der Waals surface area (Å²) < 4.78 is 88.9. The topological polar surface area (TPSA) is 194 Å². The normalized spacial score (nSPS) is 14.5. The number of nitrogens with zero attached hydrogens (tertiary/aromatic N) is 1. The minimum atomic E-state index is -4.63. The summed E-state index contributed by atoms with van der Waals surface area (Å²) in [6, 6.07) is 10.8. The molecule has 0 radical (unpaired) electrons. The molecular formula is C36H45F3N2O14. The number of pyridine rings is 1. The van der Waals surface area contributed by atoms with Crippen molar-refractivity contribution in [3.05, 3.63) is 64.4 Å². The number of H-pyrrole nitrogens is 1. The van der Waals surface area contributed by atoms with E-state index in [1.54, 1.807) is 0 Å². The van der Waals surface area contributed by atoms with Crippen LogP contribution in [0.5, 0.6) is 0 Å². The van der Waals surface area contributed by atoms with Crippen LogP contribution < -0.4 is 10.5 Å². The number of fused-ring (bicyclic) bond motifs is 1. The number of rotatable bonds is 25. The monoisotopic (exact) mass is 786 g/mol. The number of hydrogen-bond donors (Lipinski definition) is 3. The molecule has 3 N–H and O–H groups in total. The first kappa shape index (κ1) is 43.4. The van der Waals surface area contributed by atoms with Gasteiger partial charge < -0.3 is 57.8 Å². The van der Waals surface area contributed by atoms with Crippen LogP contribution in [0.2, 0.25) is 0 Å². The second kappa shape index (κ2) is 22.9. The van der Waals surface area contributed by atoms with Crippen molar-refractivity contribution >= 4 is 28.7 Å². The molecule has 2 heterocycles. The van der Waals surface area contributed by atoms with Gasteiger partial charge in [-0.05, 0) is 29.7 Å². The number of aliphatic hydroxyl groups is 2. The molecule has 0 saturated carbocycles. The zero-order valence-corrected chi connectivity index (χ0v) is 30.0. The summed E-state index contributed by atoms with van der Waals surface area (Å²) >= 11 is 0. The summed E-state index contributed by atoms with van der Waals surface area (Å²) in [7, 11) is 0. The van der Waals surface area contributed by atoms with E-state index in [1.165, 1.54) is 47.4 Å². The number of alkyl halides is 3. The first-order valence-corrected chi connectivity index (χ1v) is 17.4. The van der Waals surface area contributed by atoms with Crippen molar-refractivity contribution in [1.82, 2.24) is 4.98 Å². The molecule has 3 aromatic rings. The molecule has 1 fully saturated rings. The van der Waals surface area contributed by atoms with Gasteiger partial charge in [0.2, 0.25) is 0 Å². The van der Waals surface area contributed by atoms with Crippen LogP contribution in [-0.2, 0) is 48.8 Å². The lowest BCUT2D eigenvalue weighted by molar-refractivity contribution is -0.137. The molecule has 16 nitrogen and oxygen atoms in total. The number of aromatic nitrogens is 1. The van der Waals surface area contributed by atoms with Crippen LogP contribution in [0.4, 0.5) is 28.4 Å². The highest BCUT2D eigenvalue weighted by Crippen LogP contribution is 2.37. The van der Waals surface area contributed by atoms with Crippen LogP contribution in [0.25, 0.3) is 22.0 Å². The van der Waals surface area contributed by atoms with Crippen molar-refractivity contribution in [2.24, 2.45) is 0 Å². The van der Waals surface area contributed by atoms with Crippen LogP contribution in [-0.4, -0.2) is 145 Å². The van der Waals surface area contributed by atoms with E-state index in [0.717, 1.165) is 6.07 Å². The molecule has 1 aliphatic heterocycles. The number of aromatic amines is 1. The Balaban J connectivity index is 1.27. The average Bonchev–Trinajstić information content (AvgIpc) is 3.55. The summed E-state index contributed by atoms with van der Waals surface area (Å²) in [4.78, 5) is 42.2. The lowest BCUT2D eigenvalue weighted by atomic mass is 10.0. The molecule has 1 aromatic heterocycles. The van der Waals surface area contributed by atoms with Gasteiger partial charge in [-0.25, -0.2) is 9.59 Å². The Morgan fingerprint density at radius 1 is 0.818 bits per heavy atom. The highest BCUT2D eigenvalue weighted by Gasteiger charge is 2.35. The van der Waals surface area contributed by atoms with E-state index in [-0.39, 0.29) is 102 Å². The number of ether oxygens (including phenoxy) is 9. The van der Waals surface area contributed by atoms with Gasteiger partial charge in [-0.3, -0.25) is 9.69 Å². The molecule has 1 atom stereocenters. The Bertz CT molecular complexity index is 1670. The van der Waals surface area contributed by atoms with Crippen LogP contribution in [0.15, 0.2) is 53.3 Å². The Morgan fingerprint density at radius 2 is 1.40 bits per heavy atom. The number of carbonyl (C=O) groups is 2. The van der Waals surface area contributed by atoms with Crippen molar-refractivity contribution in [3.63, 3.8) is 0 Å². The van der Waals surface area contributed by atoms with E-state index in [4.69, 9.17) is 52.8 Å². The second-order valence-corrected chi connectivity index (χ2v) is 11.8. The lowest BCUT2D eigenvalue weighted by Gasteiger charge is -2.19. The lowest BCUT2D eigenvalue weighted by Crippen LogP contribution is -2.32. The zero-order chi connectivity index (χ0) is 39.5. The molecule has 55 heavy (non-hydrogen) atoms. The fourth-order valence-corrected chi connectivity index (χ4v) is 5.23. The number of benzene rings is 2. The van der Waals surface area contributed by atoms with E-state index < -0.39 is 41.8 Å². The number of anilines is 1. The first-order valence-electron chi connectivity index (χ1n) is 17.4. The molecule has 4 rings (SSSR count). The summed E-state index contributed by atoms with van der Waals surface area (Å²) in [6.07, 6.45) is -8.24. The molecule has 0 spiro atoms. The molecule has 0 aliphatic carbocycles. The van der Waals surface area contributed by atoms with Crippen molar-refractivity contribution in [2.75, 3.05) is 111 Å². The van der Waals surface area contributed by atoms with Gasteiger partial charge in [0.25, 0.3) is 5.56 Å². The number of nitrogens with one attached hydrogen (secondary N) is 1. The Kier molecular flexibility index (Phi) is 18.1. The molecule has 1 unspecified atom stereocenters. The minimum absolute atomic E-state index is 0.0140. The van der Waals surface area contributed by atoms with Crippen molar-refractivity contribution in [1.29, 1.82) is 0 Å². The van der Waals surface area contributed by atoms with E-state index in [2.05, 4.69) is 4.98 Å². The van der Waals surface area contributed by atoms with Crippen molar-refractivity contribution in [2.45, 2.75) is 18.4 Å². The van der Waals surface area contributed by atoms with Crippen LogP contribution in [0.3, 0.4) is 0 Å². The third kappa shape index (κ3) is 14.4. The summed E-state index contributed by atoms with van der Waals surface area (Å²) in [6.45, 7) is 1.79. The van der Waals surface area contributed by atoms with Gasteiger partial charge in [0.05, 0.1) is 105 Å². The highest BCUT2D eigenvalue weighted by molar-refractivity contribution is 5.94. The maximum Gasteiger partial charge on any atom is 0.508 e. The van der Waals surface area contributed by atoms with Crippen LogP contribution in [0, 0.1) is 0 Å². The van der Waals surface area contributed by atoms with Gasteiger partial charge in [-0.1, -0.05) is 24.3 Å². The quantitative estimate of drug-likeness (QED) is 0.0838. The molecule has 2 aromatic carbocycles. The predicted octanol–water partition coefficient (Wildman–Crippen LogP) is 3.15. The number of hydrogen-bond acceptors (Lipinski definition) is 14. The highest BCUT2D eigenvalue weighted by atomic mass is 19.4. The predicted molar refractivity (Wildman–Crippen MR) is 188 cm³/mol. The first-order chi connectivity index (χ1) is 26.6. The third-order valence-corrected chi connectivity index (χ3v) is 7.75. The van der Waals surface area contributed by atoms with Gasteiger partial charge in [0, 0.05) is 22.3 Å². The molecule has 19 heteroatoms. The number of amides is 1. The Hall–Kier alpha value is -4.34. The van der Waals surface area contributed by atoms with E-state index in [1.807, 2.05) is 0 Å². The van der Waals surface area contributed by atoms with Gasteiger partial charge in [-0.2, -0.15) is 13.2 Å². The molecule has 0 bridgehead atoms. The number of halogens is 3. The van der Waals surface area contributed by atoms with E-state index in [9.17, 15) is 27.6 Å². The molecule has 1 saturated heterocycles. The Morgan fingerprint density at radius 3 is 2.00 bits per heavy atom. The number of cyclic esters (lactones) is 1. The molecule has 1 amide bonds. The van der Waals surface area contributed by atoms with Gasteiger partial charge in [-0.15, -0.1) is 0 Å². The standard InChI is InChI=1S/C36H45F3N2O14/c37-36(38,39)31-4-2-1-3-29(31)32-19-25-5-6-26(20-30(25)33(44)40-32)41-21-27(54-34(41)45)24-53-35(46)55-28(22-51-17-15-49-13-11-47-9-7-42)23-52-18-16-50-14-12-48-10-8-43/h1-6,19-20,27-28,42-43H,7-18,21-24H2,(H,40,44). The summed E-state index contributed by atoms with van der Waals surface area (Å²) in [5.74, 6) is 0. The second-order valence-electron chi connectivity index (χ2n) is 11.8. The third-order valence-electron chi connectivity index (χ3n) is 7.75. The fraction of sp³-hybridized carbons (Fsp3) is 0.528. The summed E-state index contributed by atoms with van der Waals surface area (Å²) in [5, 5.41) is 17.9. The van der Waals surface area contributed by atoms with Gasteiger partial charge >= 0.3 is 18.4 Å². The fourth-order valence-electron chi connectivity index (χ4n) is 5.23. The number of aliphatic hydroxyl groups excluding tert-OH is 2. The molecular weight excluding hydrogens is 741 g/mol. The SMILES string of the molecule is O=C(OCC1CN(c2ccc3cc(-c4ccccc4C(F)(F)F)[nH]c(=O)c3c2)C(=O)O1)OC(COCCOCCOCCO)COCCOCCOCCO. The van der Waals surface area contributed by atoms with Gasteiger partial charge in [0.1, 0.15) is 6.61 Å². The smallest absolute Gasteiger partial charge is 0.440 e. The maximum absolute atomic E-state index is 13.6. The minimum Gasteiger partial charge on any atom is -0.440 e. The average molecular weight is 787 g/mol. The van der Waals surface area contributed by atoms with E-state index >= 15 is 0 Å². The van der Waals surface area contributed by atoms with Crippen LogP contribution >= 0.6 is 0 Å². The molecule has 1 aliphatic rings. The van der Waals surface area contributed by atoms with E-state index in [0.29, 0.717) is 31.8 Å². The number of carbonyl (C=O) groups excluding carboxylic acids is 2. The molecule has 304 valence electrons.